The maximum Gasteiger partial charge on any atom is 0.0930 e. The van der Waals surface area contributed by atoms with Gasteiger partial charge in [-0.25, -0.2) is 0 Å². The van der Waals surface area contributed by atoms with Crippen LogP contribution in [0.5, 0.6) is 0 Å². The lowest BCUT2D eigenvalue weighted by Crippen LogP contribution is -1.91. The highest BCUT2D eigenvalue weighted by Gasteiger charge is 2.03. The standard InChI is InChI=1S/C21H22N2/c1-2-3-5-8-17-11-13-19(14-12-17)21-16-15-20(22-23-21)18-9-6-4-7-10-18/h4,6-7,9-16H,2-3,5,8H2,1H3. The molecule has 3 rings (SSSR count). The summed E-state index contributed by atoms with van der Waals surface area (Å²) in [4.78, 5) is 0. The Morgan fingerprint density at radius 3 is 1.83 bits per heavy atom. The molecule has 0 bridgehead atoms. The van der Waals surface area contributed by atoms with Crippen LogP contribution in [0.1, 0.15) is 31.7 Å². The van der Waals surface area contributed by atoms with E-state index >= 15 is 0 Å². The second-order valence-electron chi connectivity index (χ2n) is 5.82. The van der Waals surface area contributed by atoms with Crippen LogP contribution in [-0.2, 0) is 6.42 Å². The lowest BCUT2D eigenvalue weighted by atomic mass is 10.0. The molecular weight excluding hydrogens is 280 g/mol. The van der Waals surface area contributed by atoms with Crippen LogP contribution >= 0.6 is 0 Å². The van der Waals surface area contributed by atoms with Crippen molar-refractivity contribution in [1.29, 1.82) is 0 Å². The molecule has 0 spiro atoms. The second-order valence-corrected chi connectivity index (χ2v) is 5.82. The lowest BCUT2D eigenvalue weighted by molar-refractivity contribution is 0.717. The maximum absolute atomic E-state index is 4.38. The topological polar surface area (TPSA) is 25.8 Å². The Bertz CT molecular complexity index is 716. The van der Waals surface area contributed by atoms with E-state index in [1.807, 2.05) is 30.3 Å². The molecule has 0 saturated carbocycles. The van der Waals surface area contributed by atoms with Gasteiger partial charge in [0.25, 0.3) is 0 Å². The van der Waals surface area contributed by atoms with Crippen LogP contribution in [0.2, 0.25) is 0 Å². The van der Waals surface area contributed by atoms with Crippen molar-refractivity contribution in [2.75, 3.05) is 0 Å². The summed E-state index contributed by atoms with van der Waals surface area (Å²) in [7, 11) is 0. The van der Waals surface area contributed by atoms with Crippen molar-refractivity contribution in [3.05, 3.63) is 72.3 Å². The Morgan fingerprint density at radius 2 is 1.26 bits per heavy atom. The zero-order valence-corrected chi connectivity index (χ0v) is 13.6. The zero-order valence-electron chi connectivity index (χ0n) is 13.6. The number of nitrogens with zero attached hydrogens (tertiary/aromatic N) is 2. The van der Waals surface area contributed by atoms with Gasteiger partial charge in [0.1, 0.15) is 0 Å². The molecule has 0 radical (unpaired) electrons. The van der Waals surface area contributed by atoms with Gasteiger partial charge in [0.15, 0.2) is 0 Å². The van der Waals surface area contributed by atoms with E-state index in [9.17, 15) is 0 Å². The molecule has 2 nitrogen and oxygen atoms in total. The molecule has 0 unspecified atom stereocenters. The van der Waals surface area contributed by atoms with Gasteiger partial charge < -0.3 is 0 Å². The predicted octanol–water partition coefficient (Wildman–Crippen LogP) is 5.54. The first-order valence-electron chi connectivity index (χ1n) is 8.35. The molecule has 0 saturated heterocycles. The first-order chi connectivity index (χ1) is 11.4. The molecular formula is C21H22N2. The maximum atomic E-state index is 4.38. The van der Waals surface area contributed by atoms with Gasteiger partial charge in [-0.2, -0.15) is 0 Å². The van der Waals surface area contributed by atoms with Crippen molar-refractivity contribution in [2.24, 2.45) is 0 Å². The largest absolute Gasteiger partial charge is 0.150 e. The lowest BCUT2D eigenvalue weighted by Gasteiger charge is -2.05. The van der Waals surface area contributed by atoms with Gasteiger partial charge in [0.2, 0.25) is 0 Å². The average Bonchev–Trinajstić information content (AvgIpc) is 2.63. The number of aryl methyl sites for hydroxylation is 1. The number of hydrogen-bond acceptors (Lipinski definition) is 2. The van der Waals surface area contributed by atoms with Crippen LogP contribution < -0.4 is 0 Å². The van der Waals surface area contributed by atoms with E-state index in [0.29, 0.717) is 0 Å². The minimum atomic E-state index is 0.908. The molecule has 0 N–H and O–H groups in total. The Kier molecular flexibility index (Phi) is 5.15. The minimum Gasteiger partial charge on any atom is -0.150 e. The molecule has 1 heterocycles. The SMILES string of the molecule is CCCCCc1ccc(-c2ccc(-c3ccccc3)nn2)cc1. The van der Waals surface area contributed by atoms with Gasteiger partial charge >= 0.3 is 0 Å². The van der Waals surface area contributed by atoms with E-state index in [2.05, 4.69) is 53.5 Å². The number of rotatable bonds is 6. The number of unbranched alkanes of at least 4 members (excludes halogenated alkanes) is 2. The molecule has 0 aliphatic carbocycles. The van der Waals surface area contributed by atoms with Crippen LogP contribution in [-0.4, -0.2) is 10.2 Å². The fourth-order valence-electron chi connectivity index (χ4n) is 2.67. The fourth-order valence-corrected chi connectivity index (χ4v) is 2.67. The van der Waals surface area contributed by atoms with Crippen LogP contribution in [0.25, 0.3) is 22.5 Å². The van der Waals surface area contributed by atoms with E-state index in [1.54, 1.807) is 0 Å². The summed E-state index contributed by atoms with van der Waals surface area (Å²) in [5, 5.41) is 8.74. The molecule has 3 aromatic rings. The first-order valence-corrected chi connectivity index (χ1v) is 8.35. The molecule has 2 aromatic carbocycles. The third-order valence-electron chi connectivity index (χ3n) is 4.05. The molecule has 0 aliphatic rings. The van der Waals surface area contributed by atoms with Crippen molar-refractivity contribution < 1.29 is 0 Å². The Balaban J connectivity index is 1.72. The Morgan fingerprint density at radius 1 is 0.652 bits per heavy atom. The first kappa shape index (κ1) is 15.4. The highest BCUT2D eigenvalue weighted by atomic mass is 15.1. The van der Waals surface area contributed by atoms with Crippen molar-refractivity contribution in [3.8, 4) is 22.5 Å². The number of hydrogen-bond donors (Lipinski definition) is 0. The Labute approximate surface area is 138 Å². The van der Waals surface area contributed by atoms with Crippen molar-refractivity contribution >= 4 is 0 Å². The monoisotopic (exact) mass is 302 g/mol. The summed E-state index contributed by atoms with van der Waals surface area (Å²) in [5.41, 5.74) is 5.44. The van der Waals surface area contributed by atoms with Gasteiger partial charge in [-0.3, -0.25) is 0 Å². The van der Waals surface area contributed by atoms with Gasteiger partial charge in [0.05, 0.1) is 11.4 Å². The predicted molar refractivity (Wildman–Crippen MR) is 96.1 cm³/mol. The third kappa shape index (κ3) is 4.04. The fraction of sp³-hybridized carbons (Fsp3) is 0.238. The molecule has 2 heteroatoms. The molecule has 0 fully saturated rings. The van der Waals surface area contributed by atoms with Crippen LogP contribution in [0, 0.1) is 0 Å². The highest BCUT2D eigenvalue weighted by molar-refractivity contribution is 5.63. The van der Waals surface area contributed by atoms with Crippen LogP contribution in [0.4, 0.5) is 0 Å². The van der Waals surface area contributed by atoms with Gasteiger partial charge in [-0.15, -0.1) is 10.2 Å². The van der Waals surface area contributed by atoms with Gasteiger partial charge in [-0.05, 0) is 30.5 Å². The quantitative estimate of drug-likeness (QED) is 0.558. The second kappa shape index (κ2) is 7.68. The molecule has 0 aliphatic heterocycles. The van der Waals surface area contributed by atoms with Crippen LogP contribution in [0.3, 0.4) is 0 Å². The Hall–Kier alpha value is -2.48. The van der Waals surface area contributed by atoms with E-state index in [4.69, 9.17) is 0 Å². The van der Waals surface area contributed by atoms with Crippen molar-refractivity contribution in [1.82, 2.24) is 10.2 Å². The summed E-state index contributed by atoms with van der Waals surface area (Å²) >= 11 is 0. The molecule has 23 heavy (non-hydrogen) atoms. The van der Waals surface area contributed by atoms with Crippen LogP contribution in [0.15, 0.2) is 66.7 Å². The molecule has 0 amide bonds. The molecule has 0 atom stereocenters. The average molecular weight is 302 g/mol. The molecule has 1 aromatic heterocycles. The van der Waals surface area contributed by atoms with Gasteiger partial charge in [-0.1, -0.05) is 74.4 Å². The van der Waals surface area contributed by atoms with E-state index in [1.165, 1.54) is 24.8 Å². The van der Waals surface area contributed by atoms with Crippen molar-refractivity contribution in [3.63, 3.8) is 0 Å². The zero-order chi connectivity index (χ0) is 15.9. The third-order valence-corrected chi connectivity index (χ3v) is 4.05. The smallest absolute Gasteiger partial charge is 0.0930 e. The summed E-state index contributed by atoms with van der Waals surface area (Å²) in [6, 6.07) is 22.9. The van der Waals surface area contributed by atoms with E-state index in [0.717, 1.165) is 28.9 Å². The van der Waals surface area contributed by atoms with Crippen molar-refractivity contribution in [2.45, 2.75) is 32.6 Å². The minimum absolute atomic E-state index is 0.908. The summed E-state index contributed by atoms with van der Waals surface area (Å²) in [6.45, 7) is 2.24. The highest BCUT2D eigenvalue weighted by Crippen LogP contribution is 2.21. The normalized spacial score (nSPS) is 10.7. The van der Waals surface area contributed by atoms with Gasteiger partial charge in [0, 0.05) is 11.1 Å². The van der Waals surface area contributed by atoms with E-state index < -0.39 is 0 Å². The molecule has 116 valence electrons. The summed E-state index contributed by atoms with van der Waals surface area (Å²) in [6.07, 6.45) is 4.99. The summed E-state index contributed by atoms with van der Waals surface area (Å²) < 4.78 is 0. The number of benzene rings is 2. The number of aromatic nitrogens is 2. The van der Waals surface area contributed by atoms with E-state index in [-0.39, 0.29) is 0 Å². The summed E-state index contributed by atoms with van der Waals surface area (Å²) in [5.74, 6) is 0.